The Bertz CT molecular complexity index is 1120. The minimum atomic E-state index is -1.50. The minimum Gasteiger partial charge on any atom is -0.328 e. The van der Waals surface area contributed by atoms with Gasteiger partial charge in [-0.25, -0.2) is 4.39 Å². The Morgan fingerprint density at radius 3 is 2.41 bits per heavy atom. The third kappa shape index (κ3) is 3.68. The molecule has 3 aromatic rings. The molecule has 0 saturated carbocycles. The first-order chi connectivity index (χ1) is 13.5. The van der Waals surface area contributed by atoms with Crippen LogP contribution in [0.2, 0.25) is 0 Å². The largest absolute Gasteiger partial charge is 0.328 e. The fourth-order valence-corrected chi connectivity index (χ4v) is 3.56. The van der Waals surface area contributed by atoms with Gasteiger partial charge >= 0.3 is 0 Å². The number of fused-ring (bicyclic) bond motifs is 2. The first-order valence-corrected chi connectivity index (χ1v) is 9.12. The Kier molecular flexibility index (Phi) is 5.09. The fraction of sp³-hybridized carbons (Fsp3) is 0.273. The van der Waals surface area contributed by atoms with Gasteiger partial charge in [0.1, 0.15) is 5.82 Å². The van der Waals surface area contributed by atoms with E-state index in [0.717, 1.165) is 33.3 Å². The van der Waals surface area contributed by atoms with Crippen LogP contribution >= 0.6 is 0 Å². The number of nitrogens with zero attached hydrogens (tertiary/aromatic N) is 3. The van der Waals surface area contributed by atoms with Gasteiger partial charge in [-0.15, -0.1) is 10.1 Å². The van der Waals surface area contributed by atoms with E-state index in [-0.39, 0.29) is 5.82 Å². The van der Waals surface area contributed by atoms with Crippen molar-refractivity contribution in [1.82, 2.24) is 4.98 Å². The lowest BCUT2D eigenvalue weighted by molar-refractivity contribution is -0.742. The summed E-state index contributed by atoms with van der Waals surface area (Å²) in [6, 6.07) is 15.3. The van der Waals surface area contributed by atoms with Crippen LogP contribution in [0.15, 0.2) is 59.7 Å². The third-order valence-corrected chi connectivity index (χ3v) is 5.68. The Morgan fingerprint density at radius 2 is 1.72 bits per heavy atom. The van der Waals surface area contributed by atoms with E-state index in [9.17, 15) is 4.39 Å². The van der Waals surface area contributed by atoms with Crippen molar-refractivity contribution in [3.05, 3.63) is 87.3 Å². The lowest BCUT2D eigenvalue weighted by Gasteiger charge is -2.44. The molecule has 0 amide bonds. The average molecular weight is 395 g/mol. The van der Waals surface area contributed by atoms with E-state index in [1.54, 1.807) is 6.07 Å². The second kappa shape index (κ2) is 7.24. The van der Waals surface area contributed by atoms with Gasteiger partial charge in [0.15, 0.2) is 0 Å². The monoisotopic (exact) mass is 395 g/mol. The van der Waals surface area contributed by atoms with Crippen LogP contribution in [0.3, 0.4) is 0 Å². The number of aromatic nitrogens is 1. The second-order valence-electron chi connectivity index (χ2n) is 7.96. The van der Waals surface area contributed by atoms with E-state index in [4.69, 9.17) is 20.3 Å². The molecule has 0 radical (unpaired) electrons. The zero-order valence-electron chi connectivity index (χ0n) is 16.7. The summed E-state index contributed by atoms with van der Waals surface area (Å²) in [7, 11) is 0. The first-order valence-electron chi connectivity index (χ1n) is 9.12. The predicted octanol–water partition coefficient (Wildman–Crippen LogP) is 4.93. The van der Waals surface area contributed by atoms with Gasteiger partial charge in [-0.1, -0.05) is 44.2 Å². The molecule has 0 atom stereocenters. The van der Waals surface area contributed by atoms with Gasteiger partial charge in [-0.2, -0.15) is 0 Å². The normalized spacial score (nSPS) is 16.2. The van der Waals surface area contributed by atoms with Crippen molar-refractivity contribution >= 4 is 16.6 Å². The number of hydrogen-bond donors (Lipinski definition) is 1. The van der Waals surface area contributed by atoms with E-state index >= 15 is 0 Å². The molecule has 1 N–H and O–H groups in total. The fourth-order valence-electron chi connectivity index (χ4n) is 3.56. The molecule has 6 nitrogen and oxygen atoms in total. The molecule has 1 aromatic heterocycles. The molecule has 2 aromatic carbocycles. The third-order valence-electron chi connectivity index (χ3n) is 5.68. The Hall–Kier alpha value is -3.35. The number of hydrogen-bond acceptors (Lipinski definition) is 4. The number of rotatable bonds is 1. The van der Waals surface area contributed by atoms with Crippen molar-refractivity contribution in [2.45, 2.75) is 38.6 Å². The Labute approximate surface area is 167 Å². The van der Waals surface area contributed by atoms with Crippen molar-refractivity contribution in [1.29, 1.82) is 0 Å². The molecule has 1 aliphatic rings. The summed E-state index contributed by atoms with van der Waals surface area (Å²) in [6.07, 6.45) is 1.84. The molecule has 0 unspecified atom stereocenters. The highest BCUT2D eigenvalue weighted by atomic mass is 19.1. The molecule has 0 saturated heterocycles. The zero-order chi connectivity index (χ0) is 21.4. The molecule has 0 spiro atoms. The van der Waals surface area contributed by atoms with E-state index in [1.807, 2.05) is 36.5 Å². The van der Waals surface area contributed by atoms with Crippen molar-refractivity contribution in [3.8, 4) is 0 Å². The topological polar surface area (TPSA) is 88.6 Å². The molecule has 1 aliphatic heterocycles. The smallest absolute Gasteiger partial charge is 0.291 e. The van der Waals surface area contributed by atoms with Gasteiger partial charge in [-0.3, -0.25) is 9.98 Å². The molecule has 29 heavy (non-hydrogen) atoms. The van der Waals surface area contributed by atoms with Gasteiger partial charge in [-0.05, 0) is 32.0 Å². The van der Waals surface area contributed by atoms with Crippen LogP contribution in [0.4, 0.5) is 4.39 Å². The minimum absolute atomic E-state index is 0.170. The molecular formula is C22H22FN3O3. The molecule has 0 bridgehead atoms. The summed E-state index contributed by atoms with van der Waals surface area (Å²) in [5.74, 6) is -0.170. The predicted molar refractivity (Wildman–Crippen MR) is 110 cm³/mol. The van der Waals surface area contributed by atoms with E-state index in [0.29, 0.717) is 0 Å². The van der Waals surface area contributed by atoms with E-state index in [2.05, 4.69) is 38.7 Å². The molecule has 0 fully saturated rings. The molecule has 2 heterocycles. The quantitative estimate of drug-likeness (QED) is 0.467. The number of para-hydroxylation sites is 1. The maximum Gasteiger partial charge on any atom is 0.291 e. The van der Waals surface area contributed by atoms with Gasteiger partial charge in [0.2, 0.25) is 0 Å². The lowest BCUT2D eigenvalue weighted by Crippen LogP contribution is -2.46. The van der Waals surface area contributed by atoms with Crippen LogP contribution in [0.5, 0.6) is 0 Å². The molecule has 0 aliphatic carbocycles. The summed E-state index contributed by atoms with van der Waals surface area (Å²) in [6.45, 7) is 8.26. The van der Waals surface area contributed by atoms with Crippen molar-refractivity contribution in [2.75, 3.05) is 0 Å². The maximum atomic E-state index is 14.8. The summed E-state index contributed by atoms with van der Waals surface area (Å²) in [5, 5.41) is 14.7. The SMILES string of the molecule is CC1(C)N=C(c2cnc3ccccc3c2)c2cccc(F)c2C1(C)C.O=[N+]([O-])O. The molecular weight excluding hydrogens is 373 g/mol. The van der Waals surface area contributed by atoms with E-state index in [1.165, 1.54) is 6.07 Å². The van der Waals surface area contributed by atoms with Gasteiger partial charge in [0, 0.05) is 33.7 Å². The van der Waals surface area contributed by atoms with Crippen LogP contribution in [0, 0.1) is 15.9 Å². The van der Waals surface area contributed by atoms with Gasteiger partial charge in [0.25, 0.3) is 5.09 Å². The van der Waals surface area contributed by atoms with Crippen LogP contribution in [-0.2, 0) is 5.41 Å². The lowest BCUT2D eigenvalue weighted by atomic mass is 9.65. The van der Waals surface area contributed by atoms with Crippen LogP contribution < -0.4 is 0 Å². The number of halogens is 1. The average Bonchev–Trinajstić information content (AvgIpc) is 2.64. The molecule has 4 rings (SSSR count). The Balaban J connectivity index is 0.000000552. The highest BCUT2D eigenvalue weighted by Gasteiger charge is 2.45. The van der Waals surface area contributed by atoms with Crippen LogP contribution in [0.25, 0.3) is 10.9 Å². The van der Waals surface area contributed by atoms with E-state index < -0.39 is 16.0 Å². The highest BCUT2D eigenvalue weighted by Crippen LogP contribution is 2.45. The number of benzene rings is 2. The first kappa shape index (κ1) is 20.4. The zero-order valence-corrected chi connectivity index (χ0v) is 16.7. The van der Waals surface area contributed by atoms with Gasteiger partial charge in [0.05, 0.1) is 16.8 Å². The standard InChI is InChI=1S/C22H21FN2.HNO3/c1-21(2)19-16(9-7-10-17(19)23)20(25-22(21,3)4)15-12-14-8-5-6-11-18(14)24-13-15;2-1(3)4/h5-13H,1-4H3;(H,2,3,4). The second-order valence-corrected chi connectivity index (χ2v) is 7.96. The van der Waals surface area contributed by atoms with Gasteiger partial charge < -0.3 is 5.21 Å². The summed E-state index contributed by atoms with van der Waals surface area (Å²) in [4.78, 5) is 18.0. The Morgan fingerprint density at radius 1 is 1.07 bits per heavy atom. The maximum absolute atomic E-state index is 14.8. The van der Waals surface area contributed by atoms with Crippen molar-refractivity contribution in [2.24, 2.45) is 4.99 Å². The van der Waals surface area contributed by atoms with Crippen molar-refractivity contribution in [3.63, 3.8) is 0 Å². The van der Waals surface area contributed by atoms with Crippen LogP contribution in [0.1, 0.15) is 44.4 Å². The highest BCUT2D eigenvalue weighted by molar-refractivity contribution is 6.15. The summed E-state index contributed by atoms with van der Waals surface area (Å²) < 4.78 is 14.8. The van der Waals surface area contributed by atoms with Crippen LogP contribution in [-0.4, -0.2) is 26.5 Å². The molecule has 7 heteroatoms. The number of aliphatic imine (C=N–C) groups is 1. The molecule has 150 valence electrons. The summed E-state index contributed by atoms with van der Waals surface area (Å²) in [5.41, 5.74) is 3.46. The summed E-state index contributed by atoms with van der Waals surface area (Å²) >= 11 is 0. The number of pyridine rings is 1. The van der Waals surface area contributed by atoms with Crippen molar-refractivity contribution < 1.29 is 14.7 Å².